The third-order valence-electron chi connectivity index (χ3n) is 4.05. The van der Waals surface area contributed by atoms with Gasteiger partial charge in [0.2, 0.25) is 0 Å². The molecule has 2 aromatic carbocycles. The van der Waals surface area contributed by atoms with Crippen molar-refractivity contribution < 1.29 is 4.39 Å². The second-order valence-corrected chi connectivity index (χ2v) is 5.84. The molecule has 24 heavy (non-hydrogen) atoms. The van der Waals surface area contributed by atoms with E-state index in [1.54, 1.807) is 0 Å². The average Bonchev–Trinajstić information content (AvgIpc) is 2.97. The van der Waals surface area contributed by atoms with E-state index in [0.29, 0.717) is 0 Å². The van der Waals surface area contributed by atoms with Crippen molar-refractivity contribution in [1.82, 2.24) is 14.6 Å². The van der Waals surface area contributed by atoms with Crippen molar-refractivity contribution in [3.63, 3.8) is 0 Å². The molecule has 0 aliphatic rings. The summed E-state index contributed by atoms with van der Waals surface area (Å²) in [6, 6.07) is 16.7. The molecule has 0 bridgehead atoms. The zero-order valence-electron chi connectivity index (χ0n) is 13.3. The van der Waals surface area contributed by atoms with Crippen LogP contribution in [0.25, 0.3) is 16.6 Å². The lowest BCUT2D eigenvalue weighted by Crippen LogP contribution is -2.08. The highest BCUT2D eigenvalue weighted by Crippen LogP contribution is 2.23. The summed E-state index contributed by atoms with van der Waals surface area (Å²) in [6.07, 6.45) is 0.805. The van der Waals surface area contributed by atoms with E-state index < -0.39 is 0 Å². The highest BCUT2D eigenvalue weighted by molar-refractivity contribution is 5.91. The summed E-state index contributed by atoms with van der Waals surface area (Å²) in [6.45, 7) is 2.69. The van der Waals surface area contributed by atoms with Crippen molar-refractivity contribution in [3.8, 4) is 0 Å². The number of rotatable bonds is 4. The molecule has 0 radical (unpaired) electrons. The molecule has 2 aromatic heterocycles. The molecule has 1 N–H and O–H groups in total. The van der Waals surface area contributed by atoms with Crippen molar-refractivity contribution in [2.24, 2.45) is 0 Å². The van der Waals surface area contributed by atoms with E-state index in [0.717, 1.165) is 46.6 Å². The lowest BCUT2D eigenvalue weighted by molar-refractivity contribution is 0.627. The van der Waals surface area contributed by atoms with Gasteiger partial charge in [-0.1, -0.05) is 24.3 Å². The SMILES string of the molecule is Cc1cc2nc(NCCc3ccc(F)cc3)c3ccccc3n2n1. The fourth-order valence-corrected chi connectivity index (χ4v) is 2.89. The molecule has 0 aliphatic heterocycles. The van der Waals surface area contributed by atoms with E-state index in [-0.39, 0.29) is 5.82 Å². The van der Waals surface area contributed by atoms with Crippen molar-refractivity contribution in [3.05, 3.63) is 71.7 Å². The van der Waals surface area contributed by atoms with Crippen LogP contribution in [0.5, 0.6) is 0 Å². The molecule has 4 rings (SSSR count). The molecule has 120 valence electrons. The number of nitrogens with one attached hydrogen (secondary N) is 1. The molecule has 0 unspecified atom stereocenters. The Morgan fingerprint density at radius 3 is 2.71 bits per heavy atom. The van der Waals surface area contributed by atoms with E-state index in [1.165, 1.54) is 12.1 Å². The quantitative estimate of drug-likeness (QED) is 0.618. The highest BCUT2D eigenvalue weighted by Gasteiger charge is 2.09. The monoisotopic (exact) mass is 320 g/mol. The summed E-state index contributed by atoms with van der Waals surface area (Å²) >= 11 is 0. The van der Waals surface area contributed by atoms with Gasteiger partial charge in [0.1, 0.15) is 11.6 Å². The minimum atomic E-state index is -0.207. The topological polar surface area (TPSA) is 42.2 Å². The fourth-order valence-electron chi connectivity index (χ4n) is 2.89. The molecular weight excluding hydrogens is 303 g/mol. The Kier molecular flexibility index (Phi) is 3.61. The molecule has 0 saturated carbocycles. The maximum Gasteiger partial charge on any atom is 0.158 e. The van der Waals surface area contributed by atoms with Gasteiger partial charge in [-0.3, -0.25) is 0 Å². The first-order chi connectivity index (χ1) is 11.7. The predicted octanol–water partition coefficient (Wildman–Crippen LogP) is 3.98. The van der Waals surface area contributed by atoms with Crippen LogP contribution in [0, 0.1) is 12.7 Å². The van der Waals surface area contributed by atoms with Gasteiger partial charge in [0, 0.05) is 18.0 Å². The van der Waals surface area contributed by atoms with Crippen molar-refractivity contribution in [2.75, 3.05) is 11.9 Å². The summed E-state index contributed by atoms with van der Waals surface area (Å²) in [5.74, 6) is 0.640. The van der Waals surface area contributed by atoms with Crippen LogP contribution in [0.1, 0.15) is 11.3 Å². The molecule has 0 amide bonds. The molecule has 0 aliphatic carbocycles. The van der Waals surface area contributed by atoms with E-state index in [4.69, 9.17) is 4.98 Å². The average molecular weight is 320 g/mol. The van der Waals surface area contributed by atoms with Crippen LogP contribution in [0.15, 0.2) is 54.6 Å². The molecule has 2 heterocycles. The van der Waals surface area contributed by atoms with E-state index in [1.807, 2.05) is 53.9 Å². The van der Waals surface area contributed by atoms with Gasteiger partial charge in [-0.2, -0.15) is 5.10 Å². The number of hydrogen-bond donors (Lipinski definition) is 1. The fraction of sp³-hybridized carbons (Fsp3) is 0.158. The first kappa shape index (κ1) is 14.6. The van der Waals surface area contributed by atoms with Gasteiger partial charge >= 0.3 is 0 Å². The molecular formula is C19H17FN4. The first-order valence-electron chi connectivity index (χ1n) is 7.94. The first-order valence-corrected chi connectivity index (χ1v) is 7.94. The zero-order chi connectivity index (χ0) is 16.5. The normalized spacial score (nSPS) is 11.2. The van der Waals surface area contributed by atoms with Gasteiger partial charge < -0.3 is 5.32 Å². The van der Waals surface area contributed by atoms with Crippen LogP contribution < -0.4 is 5.32 Å². The van der Waals surface area contributed by atoms with Gasteiger partial charge in [0.25, 0.3) is 0 Å². The lowest BCUT2D eigenvalue weighted by Gasteiger charge is -2.10. The number of aryl methyl sites for hydroxylation is 1. The number of fused-ring (bicyclic) bond motifs is 3. The number of anilines is 1. The molecule has 0 fully saturated rings. The van der Waals surface area contributed by atoms with E-state index >= 15 is 0 Å². The third-order valence-corrected chi connectivity index (χ3v) is 4.05. The van der Waals surface area contributed by atoms with Gasteiger partial charge in [-0.05, 0) is 43.2 Å². The summed E-state index contributed by atoms with van der Waals surface area (Å²) in [4.78, 5) is 4.70. The van der Waals surface area contributed by atoms with Crippen molar-refractivity contribution >= 4 is 22.4 Å². The number of aromatic nitrogens is 3. The van der Waals surface area contributed by atoms with Crippen LogP contribution in [-0.2, 0) is 6.42 Å². The largest absolute Gasteiger partial charge is 0.369 e. The maximum absolute atomic E-state index is 13.0. The van der Waals surface area contributed by atoms with Crippen LogP contribution in [0.4, 0.5) is 10.2 Å². The predicted molar refractivity (Wildman–Crippen MR) is 93.8 cm³/mol. The second kappa shape index (κ2) is 5.92. The molecule has 4 aromatic rings. The molecule has 0 spiro atoms. The van der Waals surface area contributed by atoms with Gasteiger partial charge in [-0.25, -0.2) is 13.9 Å². The molecule has 5 heteroatoms. The standard InChI is InChI=1S/C19H17FN4/c1-13-12-18-22-19(16-4-2-3-5-17(16)24(18)23-13)21-11-10-14-6-8-15(20)9-7-14/h2-9,12H,10-11H2,1H3,(H,21,22). The minimum Gasteiger partial charge on any atom is -0.369 e. The summed E-state index contributed by atoms with van der Waals surface area (Å²) in [7, 11) is 0. The van der Waals surface area contributed by atoms with Gasteiger partial charge in [-0.15, -0.1) is 0 Å². The van der Waals surface area contributed by atoms with Crippen molar-refractivity contribution in [1.29, 1.82) is 0 Å². The Morgan fingerprint density at radius 1 is 1.08 bits per heavy atom. The van der Waals surface area contributed by atoms with Gasteiger partial charge in [0.15, 0.2) is 5.65 Å². The third kappa shape index (κ3) is 2.69. The maximum atomic E-state index is 13.0. The number of benzene rings is 2. The Hall–Kier alpha value is -2.95. The smallest absolute Gasteiger partial charge is 0.158 e. The molecule has 4 nitrogen and oxygen atoms in total. The summed E-state index contributed by atoms with van der Waals surface area (Å²) in [5.41, 5.74) is 3.89. The van der Waals surface area contributed by atoms with E-state index in [2.05, 4.69) is 10.4 Å². The number of halogens is 1. The highest BCUT2D eigenvalue weighted by atomic mass is 19.1. The Balaban J connectivity index is 1.63. The Bertz CT molecular complexity index is 1010. The number of para-hydroxylation sites is 1. The zero-order valence-corrected chi connectivity index (χ0v) is 13.3. The van der Waals surface area contributed by atoms with Crippen LogP contribution in [0.2, 0.25) is 0 Å². The summed E-state index contributed by atoms with van der Waals surface area (Å²) in [5, 5.41) is 8.95. The Labute approximate surface area is 139 Å². The summed E-state index contributed by atoms with van der Waals surface area (Å²) < 4.78 is 14.8. The van der Waals surface area contributed by atoms with Crippen LogP contribution in [-0.4, -0.2) is 21.1 Å². The Morgan fingerprint density at radius 2 is 1.88 bits per heavy atom. The molecule has 0 saturated heterocycles. The minimum absolute atomic E-state index is 0.207. The second-order valence-electron chi connectivity index (χ2n) is 5.84. The number of hydrogen-bond acceptors (Lipinski definition) is 3. The van der Waals surface area contributed by atoms with E-state index in [9.17, 15) is 4.39 Å². The van der Waals surface area contributed by atoms with Gasteiger partial charge in [0.05, 0.1) is 11.2 Å². The lowest BCUT2D eigenvalue weighted by atomic mass is 10.1. The number of nitrogens with zero attached hydrogens (tertiary/aromatic N) is 3. The van der Waals surface area contributed by atoms with Crippen LogP contribution >= 0.6 is 0 Å². The van der Waals surface area contributed by atoms with Crippen LogP contribution in [0.3, 0.4) is 0 Å². The van der Waals surface area contributed by atoms with Crippen molar-refractivity contribution in [2.45, 2.75) is 13.3 Å². The molecule has 0 atom stereocenters.